The minimum atomic E-state index is 0.566. The Morgan fingerprint density at radius 2 is 1.79 bits per heavy atom. The molecular weight excluding hydrogens is 232 g/mol. The maximum Gasteiger partial charge on any atom is 0.0270 e. The molecule has 0 saturated heterocycles. The van der Waals surface area contributed by atoms with E-state index in [1.807, 2.05) is 12.4 Å². The molecule has 1 aliphatic carbocycles. The van der Waals surface area contributed by atoms with Crippen LogP contribution >= 0.6 is 0 Å². The van der Waals surface area contributed by atoms with Crippen LogP contribution < -0.4 is 5.32 Å². The Bertz CT molecular complexity index is 342. The fraction of sp³-hybridized carbons (Fsp3) is 0.706. The quantitative estimate of drug-likeness (QED) is 0.805. The number of pyridine rings is 1. The molecule has 106 valence electrons. The van der Waals surface area contributed by atoms with Gasteiger partial charge in [0.15, 0.2) is 0 Å². The summed E-state index contributed by atoms with van der Waals surface area (Å²) in [6.45, 7) is 2.34. The Labute approximate surface area is 118 Å². The molecule has 0 radical (unpaired) electrons. The van der Waals surface area contributed by atoms with Gasteiger partial charge in [-0.3, -0.25) is 4.98 Å². The molecule has 0 bridgehead atoms. The molecule has 1 aromatic heterocycles. The highest BCUT2D eigenvalue weighted by atomic mass is 14.9. The zero-order valence-corrected chi connectivity index (χ0v) is 12.4. The maximum atomic E-state index is 4.12. The molecule has 2 unspecified atom stereocenters. The molecule has 1 N–H and O–H groups in total. The third kappa shape index (κ3) is 4.31. The topological polar surface area (TPSA) is 24.9 Å². The Balaban J connectivity index is 1.95. The summed E-state index contributed by atoms with van der Waals surface area (Å²) in [5.41, 5.74) is 1.41. The molecule has 1 aromatic rings. The number of nitrogens with zero attached hydrogens (tertiary/aromatic N) is 1. The molecule has 1 fully saturated rings. The Morgan fingerprint density at radius 3 is 2.37 bits per heavy atom. The molecule has 1 saturated carbocycles. The molecule has 2 nitrogen and oxygen atoms in total. The Kier molecular flexibility index (Phi) is 5.84. The second kappa shape index (κ2) is 7.64. The van der Waals surface area contributed by atoms with Crippen LogP contribution in [0.15, 0.2) is 24.5 Å². The van der Waals surface area contributed by atoms with Gasteiger partial charge in [-0.1, -0.05) is 45.4 Å². The van der Waals surface area contributed by atoms with Crippen molar-refractivity contribution in [3.05, 3.63) is 30.1 Å². The number of nitrogens with one attached hydrogen (secondary N) is 1. The van der Waals surface area contributed by atoms with Crippen LogP contribution in [-0.4, -0.2) is 18.1 Å². The largest absolute Gasteiger partial charge is 0.316 e. The summed E-state index contributed by atoms with van der Waals surface area (Å²) < 4.78 is 0. The summed E-state index contributed by atoms with van der Waals surface area (Å²) in [5, 5.41) is 3.55. The van der Waals surface area contributed by atoms with E-state index in [1.54, 1.807) is 0 Å². The van der Waals surface area contributed by atoms with Gasteiger partial charge in [0.05, 0.1) is 0 Å². The van der Waals surface area contributed by atoms with Crippen molar-refractivity contribution in [1.82, 2.24) is 10.3 Å². The molecule has 0 amide bonds. The first-order chi connectivity index (χ1) is 9.31. The standard InChI is InChI=1S/C17H28N2/c1-14(16-9-11-19-12-10-16)17(18-2)13-15-7-5-3-4-6-8-15/h9-12,14-15,17-18H,3-8,13H2,1-2H3. The van der Waals surface area contributed by atoms with Gasteiger partial charge in [-0.2, -0.15) is 0 Å². The minimum Gasteiger partial charge on any atom is -0.316 e. The van der Waals surface area contributed by atoms with Crippen molar-refractivity contribution in [2.24, 2.45) is 5.92 Å². The number of rotatable bonds is 5. The number of aromatic nitrogens is 1. The first kappa shape index (κ1) is 14.5. The van der Waals surface area contributed by atoms with Crippen LogP contribution in [0.4, 0.5) is 0 Å². The van der Waals surface area contributed by atoms with Crippen LogP contribution in [0.2, 0.25) is 0 Å². The highest BCUT2D eigenvalue weighted by molar-refractivity contribution is 5.17. The van der Waals surface area contributed by atoms with E-state index in [4.69, 9.17) is 0 Å². The third-order valence-electron chi connectivity index (χ3n) is 4.77. The van der Waals surface area contributed by atoms with Gasteiger partial charge in [0.2, 0.25) is 0 Å². The van der Waals surface area contributed by atoms with Crippen molar-refractivity contribution < 1.29 is 0 Å². The average molecular weight is 260 g/mol. The van der Waals surface area contributed by atoms with Gasteiger partial charge in [0.25, 0.3) is 0 Å². The molecular formula is C17H28N2. The van der Waals surface area contributed by atoms with Crippen molar-refractivity contribution in [1.29, 1.82) is 0 Å². The summed E-state index contributed by atoms with van der Waals surface area (Å²) in [4.78, 5) is 4.12. The second-order valence-corrected chi connectivity index (χ2v) is 6.06. The molecule has 2 heteroatoms. The van der Waals surface area contributed by atoms with Gasteiger partial charge < -0.3 is 5.32 Å². The molecule has 19 heavy (non-hydrogen) atoms. The Hall–Kier alpha value is -0.890. The van der Waals surface area contributed by atoms with E-state index in [0.717, 1.165) is 5.92 Å². The maximum absolute atomic E-state index is 4.12. The van der Waals surface area contributed by atoms with Crippen molar-refractivity contribution in [2.75, 3.05) is 7.05 Å². The van der Waals surface area contributed by atoms with Gasteiger partial charge in [0, 0.05) is 18.4 Å². The normalized spacial score (nSPS) is 20.7. The van der Waals surface area contributed by atoms with Crippen LogP contribution in [-0.2, 0) is 0 Å². The van der Waals surface area contributed by atoms with Crippen LogP contribution in [0.25, 0.3) is 0 Å². The lowest BCUT2D eigenvalue weighted by atomic mass is 9.84. The van der Waals surface area contributed by atoms with Gasteiger partial charge >= 0.3 is 0 Å². The zero-order chi connectivity index (χ0) is 13.5. The highest BCUT2D eigenvalue weighted by Crippen LogP contribution is 2.30. The predicted molar refractivity (Wildman–Crippen MR) is 81.3 cm³/mol. The van der Waals surface area contributed by atoms with E-state index in [2.05, 4.69) is 36.4 Å². The zero-order valence-electron chi connectivity index (χ0n) is 12.4. The number of hydrogen-bond donors (Lipinski definition) is 1. The first-order valence-electron chi connectivity index (χ1n) is 7.88. The van der Waals surface area contributed by atoms with Crippen LogP contribution in [0.5, 0.6) is 0 Å². The molecule has 0 aromatic carbocycles. The summed E-state index contributed by atoms with van der Waals surface area (Å²) in [7, 11) is 2.11. The third-order valence-corrected chi connectivity index (χ3v) is 4.77. The van der Waals surface area contributed by atoms with Crippen molar-refractivity contribution in [3.8, 4) is 0 Å². The lowest BCUT2D eigenvalue weighted by Gasteiger charge is -2.28. The predicted octanol–water partition coefficient (Wildman–Crippen LogP) is 4.13. The van der Waals surface area contributed by atoms with Gasteiger partial charge in [-0.05, 0) is 43.0 Å². The van der Waals surface area contributed by atoms with E-state index in [-0.39, 0.29) is 0 Å². The average Bonchev–Trinajstić information content (AvgIpc) is 2.73. The number of hydrogen-bond acceptors (Lipinski definition) is 2. The lowest BCUT2D eigenvalue weighted by molar-refractivity contribution is 0.337. The SMILES string of the molecule is CNC(CC1CCCCCC1)C(C)c1ccncc1. The van der Waals surface area contributed by atoms with Gasteiger partial charge in [-0.15, -0.1) is 0 Å². The summed E-state index contributed by atoms with van der Waals surface area (Å²) in [6.07, 6.45) is 13.8. The molecule has 0 aliphatic heterocycles. The smallest absolute Gasteiger partial charge is 0.0270 e. The monoisotopic (exact) mass is 260 g/mol. The van der Waals surface area contributed by atoms with Gasteiger partial charge in [0.1, 0.15) is 0 Å². The van der Waals surface area contributed by atoms with E-state index < -0.39 is 0 Å². The summed E-state index contributed by atoms with van der Waals surface area (Å²) in [6, 6.07) is 4.90. The molecule has 2 atom stereocenters. The summed E-state index contributed by atoms with van der Waals surface area (Å²) >= 11 is 0. The summed E-state index contributed by atoms with van der Waals surface area (Å²) in [5.74, 6) is 1.49. The van der Waals surface area contributed by atoms with Crippen molar-refractivity contribution in [3.63, 3.8) is 0 Å². The first-order valence-corrected chi connectivity index (χ1v) is 7.88. The Morgan fingerprint density at radius 1 is 1.16 bits per heavy atom. The second-order valence-electron chi connectivity index (χ2n) is 6.06. The van der Waals surface area contributed by atoms with Crippen LogP contribution in [0, 0.1) is 5.92 Å². The van der Waals surface area contributed by atoms with E-state index in [9.17, 15) is 0 Å². The van der Waals surface area contributed by atoms with Crippen molar-refractivity contribution >= 4 is 0 Å². The molecule has 1 aliphatic rings. The fourth-order valence-corrected chi connectivity index (χ4v) is 3.43. The van der Waals surface area contributed by atoms with Crippen LogP contribution in [0.1, 0.15) is 63.4 Å². The highest BCUT2D eigenvalue weighted by Gasteiger charge is 2.22. The van der Waals surface area contributed by atoms with E-state index >= 15 is 0 Å². The fourth-order valence-electron chi connectivity index (χ4n) is 3.43. The lowest BCUT2D eigenvalue weighted by Crippen LogP contribution is -2.33. The van der Waals surface area contributed by atoms with E-state index in [0.29, 0.717) is 12.0 Å². The molecule has 2 rings (SSSR count). The molecule has 1 heterocycles. The molecule has 0 spiro atoms. The van der Waals surface area contributed by atoms with Crippen molar-refractivity contribution in [2.45, 2.75) is 63.8 Å². The number of likely N-dealkylation sites (N-methyl/N-ethyl adjacent to an activating group) is 1. The minimum absolute atomic E-state index is 0.566. The van der Waals surface area contributed by atoms with E-state index in [1.165, 1.54) is 50.5 Å². The van der Waals surface area contributed by atoms with Crippen LogP contribution in [0.3, 0.4) is 0 Å². The van der Waals surface area contributed by atoms with Gasteiger partial charge in [-0.25, -0.2) is 0 Å².